The van der Waals surface area contributed by atoms with Crippen LogP contribution >= 0.6 is 11.8 Å². The lowest BCUT2D eigenvalue weighted by atomic mass is 9.99. The second-order valence-electron chi connectivity index (χ2n) is 5.03. The van der Waals surface area contributed by atoms with Crippen LogP contribution in [0.5, 0.6) is 5.75 Å². The third-order valence-corrected chi connectivity index (χ3v) is 4.79. The van der Waals surface area contributed by atoms with Crippen LogP contribution in [0.1, 0.15) is 17.2 Å². The van der Waals surface area contributed by atoms with Gasteiger partial charge in [0.2, 0.25) is 0 Å². The number of nitrogens with two attached hydrogens (primary N) is 1. The van der Waals surface area contributed by atoms with E-state index in [2.05, 4.69) is 24.3 Å². The zero-order chi connectivity index (χ0) is 14.7. The first-order chi connectivity index (χ1) is 10.3. The van der Waals surface area contributed by atoms with E-state index in [4.69, 9.17) is 15.2 Å². The van der Waals surface area contributed by atoms with Crippen molar-refractivity contribution in [3.8, 4) is 5.75 Å². The van der Waals surface area contributed by atoms with E-state index in [0.29, 0.717) is 0 Å². The topological polar surface area (TPSA) is 44.5 Å². The van der Waals surface area contributed by atoms with Crippen molar-refractivity contribution < 1.29 is 9.47 Å². The summed E-state index contributed by atoms with van der Waals surface area (Å²) in [4.78, 5) is 1.10. The molecule has 4 heteroatoms. The molecule has 2 aromatic carbocycles. The van der Waals surface area contributed by atoms with Crippen LogP contribution in [0.2, 0.25) is 0 Å². The van der Waals surface area contributed by atoms with Gasteiger partial charge in [-0.05, 0) is 29.7 Å². The molecule has 21 heavy (non-hydrogen) atoms. The van der Waals surface area contributed by atoms with Crippen LogP contribution in [0, 0.1) is 0 Å². The standard InChI is InChI=1S/C17H19NO2S/c1-19-15-10-13(18)6-7-17(15)21-11-16-14-5-3-2-4-12(14)8-9-20-16/h2-7,10,16H,8-9,11,18H2,1H3. The number of fused-ring (bicyclic) bond motifs is 1. The number of hydrogen-bond acceptors (Lipinski definition) is 4. The highest BCUT2D eigenvalue weighted by atomic mass is 32.2. The molecule has 2 aromatic rings. The van der Waals surface area contributed by atoms with E-state index in [9.17, 15) is 0 Å². The molecule has 1 aliphatic rings. The fourth-order valence-corrected chi connectivity index (χ4v) is 3.64. The largest absolute Gasteiger partial charge is 0.496 e. The van der Waals surface area contributed by atoms with Crippen LogP contribution in [0.15, 0.2) is 47.4 Å². The Labute approximate surface area is 129 Å². The Morgan fingerprint density at radius 2 is 2.14 bits per heavy atom. The molecule has 1 unspecified atom stereocenters. The van der Waals surface area contributed by atoms with Crippen LogP contribution < -0.4 is 10.5 Å². The van der Waals surface area contributed by atoms with Gasteiger partial charge in [-0.1, -0.05) is 24.3 Å². The van der Waals surface area contributed by atoms with E-state index >= 15 is 0 Å². The molecule has 0 fully saturated rings. The molecule has 110 valence electrons. The van der Waals surface area contributed by atoms with Gasteiger partial charge in [0, 0.05) is 22.4 Å². The molecule has 0 aromatic heterocycles. The first kappa shape index (κ1) is 14.3. The molecule has 1 heterocycles. The molecule has 0 spiro atoms. The molecular formula is C17H19NO2S. The van der Waals surface area contributed by atoms with Crippen LogP contribution in [0.4, 0.5) is 5.69 Å². The molecule has 0 saturated carbocycles. The van der Waals surface area contributed by atoms with Gasteiger partial charge in [0.05, 0.1) is 19.8 Å². The summed E-state index contributed by atoms with van der Waals surface area (Å²) in [5, 5.41) is 0. The highest BCUT2D eigenvalue weighted by molar-refractivity contribution is 7.99. The van der Waals surface area contributed by atoms with Gasteiger partial charge in [-0.2, -0.15) is 0 Å². The molecule has 0 bridgehead atoms. The fraction of sp³-hybridized carbons (Fsp3) is 0.294. The first-order valence-electron chi connectivity index (χ1n) is 7.03. The molecule has 0 aliphatic carbocycles. The van der Waals surface area contributed by atoms with Gasteiger partial charge in [-0.25, -0.2) is 0 Å². The third kappa shape index (κ3) is 3.17. The second kappa shape index (κ2) is 6.41. The van der Waals surface area contributed by atoms with E-state index < -0.39 is 0 Å². The fourth-order valence-electron chi connectivity index (χ4n) is 2.58. The van der Waals surface area contributed by atoms with Crippen molar-refractivity contribution in [2.45, 2.75) is 17.4 Å². The Balaban J connectivity index is 1.74. The molecule has 1 aliphatic heterocycles. The number of thioether (sulfide) groups is 1. The lowest BCUT2D eigenvalue weighted by Crippen LogP contribution is -2.17. The number of ether oxygens (including phenoxy) is 2. The number of benzene rings is 2. The number of nitrogen functional groups attached to an aromatic ring is 1. The first-order valence-corrected chi connectivity index (χ1v) is 8.02. The van der Waals surface area contributed by atoms with Crippen molar-refractivity contribution in [3.63, 3.8) is 0 Å². The minimum Gasteiger partial charge on any atom is -0.496 e. The average molecular weight is 301 g/mol. The van der Waals surface area contributed by atoms with Crippen LogP contribution in [-0.2, 0) is 11.2 Å². The van der Waals surface area contributed by atoms with Gasteiger partial charge in [-0.15, -0.1) is 11.8 Å². The van der Waals surface area contributed by atoms with E-state index in [-0.39, 0.29) is 6.10 Å². The van der Waals surface area contributed by atoms with Gasteiger partial charge in [0.25, 0.3) is 0 Å². The summed E-state index contributed by atoms with van der Waals surface area (Å²) in [5.41, 5.74) is 9.22. The minimum atomic E-state index is 0.141. The summed E-state index contributed by atoms with van der Waals surface area (Å²) in [5.74, 6) is 1.70. The van der Waals surface area contributed by atoms with Gasteiger partial charge < -0.3 is 15.2 Å². The highest BCUT2D eigenvalue weighted by Gasteiger charge is 2.21. The van der Waals surface area contributed by atoms with Crippen molar-refractivity contribution in [3.05, 3.63) is 53.6 Å². The van der Waals surface area contributed by atoms with E-state index in [1.807, 2.05) is 18.2 Å². The summed E-state index contributed by atoms with van der Waals surface area (Å²) in [6.45, 7) is 0.793. The average Bonchev–Trinajstić information content (AvgIpc) is 2.53. The minimum absolute atomic E-state index is 0.141. The number of rotatable bonds is 4. The van der Waals surface area contributed by atoms with Gasteiger partial charge in [0.15, 0.2) is 0 Å². The number of anilines is 1. The molecule has 2 N–H and O–H groups in total. The molecular weight excluding hydrogens is 282 g/mol. The van der Waals surface area contributed by atoms with Crippen LogP contribution in [0.25, 0.3) is 0 Å². The third-order valence-electron chi connectivity index (χ3n) is 3.67. The molecule has 0 saturated heterocycles. The molecule has 0 amide bonds. The Bertz CT molecular complexity index is 630. The lowest BCUT2D eigenvalue weighted by Gasteiger charge is -2.26. The predicted molar refractivity (Wildman–Crippen MR) is 87.0 cm³/mol. The zero-order valence-electron chi connectivity index (χ0n) is 12.0. The zero-order valence-corrected chi connectivity index (χ0v) is 12.9. The summed E-state index contributed by atoms with van der Waals surface area (Å²) < 4.78 is 11.3. The maximum Gasteiger partial charge on any atom is 0.134 e. The van der Waals surface area contributed by atoms with Crippen molar-refractivity contribution in [2.75, 3.05) is 25.2 Å². The Morgan fingerprint density at radius 1 is 1.29 bits per heavy atom. The van der Waals surface area contributed by atoms with E-state index in [1.165, 1.54) is 11.1 Å². The highest BCUT2D eigenvalue weighted by Crippen LogP contribution is 2.36. The van der Waals surface area contributed by atoms with Gasteiger partial charge in [-0.3, -0.25) is 0 Å². The van der Waals surface area contributed by atoms with Gasteiger partial charge in [0.1, 0.15) is 5.75 Å². The SMILES string of the molecule is COc1cc(N)ccc1SCC1OCCc2ccccc21. The monoisotopic (exact) mass is 301 g/mol. The second-order valence-corrected chi connectivity index (χ2v) is 6.09. The van der Waals surface area contributed by atoms with Crippen molar-refractivity contribution >= 4 is 17.4 Å². The number of hydrogen-bond donors (Lipinski definition) is 1. The van der Waals surface area contributed by atoms with Crippen LogP contribution in [-0.4, -0.2) is 19.5 Å². The summed E-state index contributed by atoms with van der Waals surface area (Å²) >= 11 is 1.74. The van der Waals surface area contributed by atoms with E-state index in [0.717, 1.165) is 35.1 Å². The Morgan fingerprint density at radius 3 is 3.00 bits per heavy atom. The van der Waals surface area contributed by atoms with Crippen molar-refractivity contribution in [1.29, 1.82) is 0 Å². The molecule has 1 atom stereocenters. The van der Waals surface area contributed by atoms with E-state index in [1.54, 1.807) is 18.9 Å². The molecule has 3 rings (SSSR count). The maximum absolute atomic E-state index is 5.94. The van der Waals surface area contributed by atoms with Crippen molar-refractivity contribution in [2.24, 2.45) is 0 Å². The summed E-state index contributed by atoms with van der Waals surface area (Å²) in [6.07, 6.45) is 1.14. The van der Waals surface area contributed by atoms with Gasteiger partial charge >= 0.3 is 0 Å². The van der Waals surface area contributed by atoms with Crippen molar-refractivity contribution in [1.82, 2.24) is 0 Å². The normalized spacial score (nSPS) is 17.3. The maximum atomic E-state index is 5.94. The summed E-state index contributed by atoms with van der Waals surface area (Å²) in [7, 11) is 1.67. The molecule has 0 radical (unpaired) electrons. The Hall–Kier alpha value is -1.65. The predicted octanol–water partition coefficient (Wildman–Crippen LogP) is 3.68. The smallest absolute Gasteiger partial charge is 0.134 e. The van der Waals surface area contributed by atoms with Crippen LogP contribution in [0.3, 0.4) is 0 Å². The quantitative estimate of drug-likeness (QED) is 0.691. The number of methoxy groups -OCH3 is 1. The Kier molecular flexibility index (Phi) is 4.36. The molecule has 3 nitrogen and oxygen atoms in total. The summed E-state index contributed by atoms with van der Waals surface area (Å²) in [6, 6.07) is 14.3. The lowest BCUT2D eigenvalue weighted by molar-refractivity contribution is 0.0588.